The molecule has 5 rings (SSSR count). The summed E-state index contributed by atoms with van der Waals surface area (Å²) < 4.78 is 0. The highest BCUT2D eigenvalue weighted by molar-refractivity contribution is 6.91. The van der Waals surface area contributed by atoms with E-state index in [2.05, 4.69) is 63.3 Å². The molecule has 3 saturated carbocycles. The van der Waals surface area contributed by atoms with Crippen LogP contribution in [0.25, 0.3) is 0 Å². The van der Waals surface area contributed by atoms with Crippen LogP contribution < -0.4 is 5.19 Å². The molecule has 1 aromatic carbocycles. The van der Waals surface area contributed by atoms with Crippen LogP contribution >= 0.6 is 0 Å². The number of allylic oxidation sites excluding steroid dienone is 2. The number of ketones is 1. The molecule has 0 bridgehead atoms. The minimum Gasteiger partial charge on any atom is -0.300 e. The molecule has 7 atom stereocenters. The highest BCUT2D eigenvalue weighted by atomic mass is 28.3. The van der Waals surface area contributed by atoms with Crippen LogP contribution in [0.5, 0.6) is 0 Å². The molecule has 3 fully saturated rings. The van der Waals surface area contributed by atoms with E-state index < -0.39 is 8.07 Å². The lowest BCUT2D eigenvalue weighted by Gasteiger charge is -2.59. The maximum absolute atomic E-state index is 12.4. The molecule has 0 aliphatic heterocycles. The average Bonchev–Trinajstić information content (AvgIpc) is 3.11. The Kier molecular flexibility index (Phi) is 5.20. The van der Waals surface area contributed by atoms with Gasteiger partial charge in [0.05, 0.1) is 8.07 Å². The molecule has 0 heterocycles. The van der Waals surface area contributed by atoms with Crippen LogP contribution in [0.4, 0.5) is 0 Å². The van der Waals surface area contributed by atoms with Crippen LogP contribution in [-0.2, 0) is 4.79 Å². The summed E-state index contributed by atoms with van der Waals surface area (Å²) in [5.41, 5.74) is 3.36. The summed E-state index contributed by atoms with van der Waals surface area (Å²) in [6, 6.07) is 11.4. The molecule has 2 heteroatoms. The molecule has 1 unspecified atom stereocenters. The second-order valence-electron chi connectivity index (χ2n) is 12.6. The number of rotatable bonds is 3. The van der Waals surface area contributed by atoms with Crippen molar-refractivity contribution >= 4 is 19.0 Å². The highest BCUT2D eigenvalue weighted by Crippen LogP contribution is 2.67. The van der Waals surface area contributed by atoms with Gasteiger partial charge in [-0.3, -0.25) is 4.79 Å². The van der Waals surface area contributed by atoms with Gasteiger partial charge in [0, 0.05) is 5.92 Å². The normalized spacial score (nSPS) is 42.2. The number of fused-ring (bicyclic) bond motifs is 5. The fraction of sp³-hybridized carbons (Fsp3) is 0.690. The Morgan fingerprint density at radius 3 is 2.42 bits per heavy atom. The molecule has 31 heavy (non-hydrogen) atoms. The fourth-order valence-corrected chi connectivity index (χ4v) is 12.2. The second-order valence-corrected chi connectivity index (χ2v) is 17.4. The molecule has 1 aromatic rings. The van der Waals surface area contributed by atoms with Crippen molar-refractivity contribution in [3.8, 4) is 0 Å². The van der Waals surface area contributed by atoms with Crippen molar-refractivity contribution in [3.05, 3.63) is 42.0 Å². The van der Waals surface area contributed by atoms with Gasteiger partial charge < -0.3 is 0 Å². The molecule has 168 valence electrons. The van der Waals surface area contributed by atoms with Crippen LogP contribution in [0.2, 0.25) is 18.6 Å². The highest BCUT2D eigenvalue weighted by Gasteiger charge is 2.59. The first kappa shape index (κ1) is 21.7. The van der Waals surface area contributed by atoms with Crippen molar-refractivity contribution in [2.45, 2.75) is 90.8 Å². The summed E-state index contributed by atoms with van der Waals surface area (Å²) in [6.45, 7) is 12.2. The zero-order chi connectivity index (χ0) is 22.0. The number of benzene rings is 1. The predicted octanol–water partition coefficient (Wildman–Crippen LogP) is 7.14. The van der Waals surface area contributed by atoms with Gasteiger partial charge in [-0.2, -0.15) is 0 Å². The zero-order valence-corrected chi connectivity index (χ0v) is 21.4. The minimum absolute atomic E-state index is 0.272. The lowest BCUT2D eigenvalue weighted by atomic mass is 9.47. The molecule has 0 N–H and O–H groups in total. The van der Waals surface area contributed by atoms with Crippen LogP contribution in [0.1, 0.15) is 72.1 Å². The molecule has 4 aliphatic rings. The molecule has 1 nitrogen and oxygen atoms in total. The van der Waals surface area contributed by atoms with Crippen molar-refractivity contribution in [1.82, 2.24) is 0 Å². The molecular weight excluding hydrogens is 392 g/mol. The minimum atomic E-state index is -1.46. The van der Waals surface area contributed by atoms with Gasteiger partial charge >= 0.3 is 0 Å². The molecule has 0 radical (unpaired) electrons. The Bertz CT molecular complexity index is 885. The molecular formula is C29H42OSi. The zero-order valence-electron chi connectivity index (χ0n) is 20.4. The maximum Gasteiger partial charge on any atom is 0.133 e. The summed E-state index contributed by atoms with van der Waals surface area (Å²) in [4.78, 5) is 12.4. The predicted molar refractivity (Wildman–Crippen MR) is 133 cm³/mol. The first-order chi connectivity index (χ1) is 14.7. The Labute approximate surface area is 191 Å². The van der Waals surface area contributed by atoms with E-state index in [0.717, 1.165) is 29.7 Å². The molecule has 0 amide bonds. The third-order valence-electron chi connectivity index (χ3n) is 11.1. The SMILES string of the molecule is CC(=O)[C@H]1CC[C@H]2[C@@H]3CC=C4CC([Si](C)(C)c5ccccc5)CC[C@]4(C)[C@H]3CC[C@]12C. The van der Waals surface area contributed by atoms with Crippen LogP contribution in [-0.4, -0.2) is 13.9 Å². The molecule has 0 saturated heterocycles. The van der Waals surface area contributed by atoms with Crippen molar-refractivity contribution in [2.75, 3.05) is 0 Å². The van der Waals surface area contributed by atoms with Gasteiger partial charge in [-0.15, -0.1) is 0 Å². The lowest BCUT2D eigenvalue weighted by Crippen LogP contribution is -2.53. The van der Waals surface area contributed by atoms with Crippen molar-refractivity contribution in [1.29, 1.82) is 0 Å². The fourth-order valence-electron chi connectivity index (χ4n) is 9.05. The van der Waals surface area contributed by atoms with Gasteiger partial charge in [-0.1, -0.05) is 80.5 Å². The summed E-state index contributed by atoms with van der Waals surface area (Å²) in [5.74, 6) is 3.20. The number of Topliss-reactive ketones (excluding diaryl/α,β-unsaturated/α-hetero) is 1. The Hall–Kier alpha value is -1.15. The first-order valence-electron chi connectivity index (χ1n) is 12.9. The van der Waals surface area contributed by atoms with E-state index in [1.807, 2.05) is 12.5 Å². The van der Waals surface area contributed by atoms with Crippen molar-refractivity contribution in [2.24, 2.45) is 34.5 Å². The van der Waals surface area contributed by atoms with Gasteiger partial charge in [-0.05, 0) is 86.0 Å². The number of hydrogen-bond donors (Lipinski definition) is 0. The van der Waals surface area contributed by atoms with Gasteiger partial charge in [0.25, 0.3) is 0 Å². The maximum atomic E-state index is 12.4. The van der Waals surface area contributed by atoms with Crippen molar-refractivity contribution in [3.63, 3.8) is 0 Å². The van der Waals surface area contributed by atoms with E-state index in [9.17, 15) is 4.79 Å². The van der Waals surface area contributed by atoms with Gasteiger partial charge in [0.15, 0.2) is 0 Å². The number of carbonyl (C=O) groups is 1. The summed E-state index contributed by atoms with van der Waals surface area (Å²) in [5, 5.41) is 1.63. The largest absolute Gasteiger partial charge is 0.300 e. The van der Waals surface area contributed by atoms with Crippen LogP contribution in [0, 0.1) is 34.5 Å². The molecule has 0 spiro atoms. The number of carbonyl (C=O) groups excluding carboxylic acids is 1. The van der Waals surface area contributed by atoms with Gasteiger partial charge in [-0.25, -0.2) is 0 Å². The molecule has 4 aliphatic carbocycles. The summed E-state index contributed by atoms with van der Waals surface area (Å²) in [7, 11) is -1.46. The van der Waals surface area contributed by atoms with E-state index in [4.69, 9.17) is 0 Å². The summed E-state index contributed by atoms with van der Waals surface area (Å²) in [6.07, 6.45) is 13.2. The Morgan fingerprint density at radius 2 is 1.71 bits per heavy atom. The van der Waals surface area contributed by atoms with E-state index in [1.165, 1.54) is 44.9 Å². The van der Waals surface area contributed by atoms with Crippen LogP contribution in [0.15, 0.2) is 42.0 Å². The third kappa shape index (κ3) is 3.18. The van der Waals surface area contributed by atoms with E-state index >= 15 is 0 Å². The van der Waals surface area contributed by atoms with Crippen molar-refractivity contribution < 1.29 is 4.79 Å². The smallest absolute Gasteiger partial charge is 0.133 e. The Morgan fingerprint density at radius 1 is 0.968 bits per heavy atom. The number of hydrogen-bond acceptors (Lipinski definition) is 1. The van der Waals surface area contributed by atoms with E-state index in [0.29, 0.717) is 17.1 Å². The van der Waals surface area contributed by atoms with Gasteiger partial charge in [0.2, 0.25) is 0 Å². The lowest BCUT2D eigenvalue weighted by molar-refractivity contribution is -0.127. The Balaban J connectivity index is 1.40. The second kappa shape index (κ2) is 7.44. The molecule has 0 aromatic heterocycles. The monoisotopic (exact) mass is 434 g/mol. The third-order valence-corrected chi connectivity index (χ3v) is 15.5. The topological polar surface area (TPSA) is 17.1 Å². The van der Waals surface area contributed by atoms with E-state index in [1.54, 1.807) is 5.19 Å². The van der Waals surface area contributed by atoms with E-state index in [-0.39, 0.29) is 5.41 Å². The quantitative estimate of drug-likeness (QED) is 0.365. The first-order valence-corrected chi connectivity index (χ1v) is 16.0. The summed E-state index contributed by atoms with van der Waals surface area (Å²) >= 11 is 0. The van der Waals surface area contributed by atoms with Crippen LogP contribution in [0.3, 0.4) is 0 Å². The van der Waals surface area contributed by atoms with Gasteiger partial charge in [0.1, 0.15) is 5.78 Å². The average molecular weight is 435 g/mol. The standard InChI is InChI=1S/C29H42OSi/c1-20(30)25-13-14-26-24-12-11-21-19-23(31(4,5)22-9-7-6-8-10-22)15-17-28(21,2)27(24)16-18-29(25,26)3/h6-11,23-27H,12-19H2,1-5H3/t23?,24-,25+,26-,27-,28-,29+/m0/s1.